The summed E-state index contributed by atoms with van der Waals surface area (Å²) in [6.07, 6.45) is 3.54. The zero-order chi connectivity index (χ0) is 18.2. The summed E-state index contributed by atoms with van der Waals surface area (Å²) < 4.78 is 0. The summed E-state index contributed by atoms with van der Waals surface area (Å²) in [5, 5.41) is 11.8. The Bertz CT molecular complexity index is 603. The Kier molecular flexibility index (Phi) is 6.98. The number of aliphatic carboxylic acids is 1. The van der Waals surface area contributed by atoms with Gasteiger partial charge in [-0.05, 0) is 31.2 Å². The molecular formula is C19H26N2O4. The van der Waals surface area contributed by atoms with Gasteiger partial charge in [-0.25, -0.2) is 0 Å². The molecule has 2 amide bonds. The van der Waals surface area contributed by atoms with Gasteiger partial charge in [-0.1, -0.05) is 30.3 Å². The molecule has 25 heavy (non-hydrogen) atoms. The number of carbonyl (C=O) groups is 3. The van der Waals surface area contributed by atoms with Crippen LogP contribution in [0.25, 0.3) is 0 Å². The van der Waals surface area contributed by atoms with Crippen molar-refractivity contribution in [1.29, 1.82) is 0 Å². The van der Waals surface area contributed by atoms with Gasteiger partial charge < -0.3 is 15.3 Å². The van der Waals surface area contributed by atoms with Gasteiger partial charge in [0.1, 0.15) is 0 Å². The number of nitrogens with zero attached hydrogens (tertiary/aromatic N) is 1. The molecule has 2 atom stereocenters. The van der Waals surface area contributed by atoms with Crippen molar-refractivity contribution in [3.05, 3.63) is 35.9 Å². The number of nitrogens with one attached hydrogen (secondary N) is 1. The summed E-state index contributed by atoms with van der Waals surface area (Å²) in [5.41, 5.74) is 0.894. The van der Waals surface area contributed by atoms with Gasteiger partial charge in [0.2, 0.25) is 11.8 Å². The summed E-state index contributed by atoms with van der Waals surface area (Å²) in [4.78, 5) is 37.0. The smallest absolute Gasteiger partial charge is 0.303 e. The topological polar surface area (TPSA) is 86.7 Å². The molecule has 0 radical (unpaired) electrons. The molecule has 1 saturated heterocycles. The van der Waals surface area contributed by atoms with Crippen molar-refractivity contribution in [2.75, 3.05) is 6.54 Å². The van der Waals surface area contributed by atoms with Crippen LogP contribution in [-0.2, 0) is 14.4 Å². The van der Waals surface area contributed by atoms with E-state index in [9.17, 15) is 14.4 Å². The van der Waals surface area contributed by atoms with Crippen molar-refractivity contribution in [3.63, 3.8) is 0 Å². The molecule has 2 N–H and O–H groups in total. The second-order valence-corrected chi connectivity index (χ2v) is 6.54. The molecule has 1 aromatic rings. The van der Waals surface area contributed by atoms with Crippen LogP contribution in [0.3, 0.4) is 0 Å². The molecule has 0 saturated carbocycles. The van der Waals surface area contributed by atoms with Crippen LogP contribution in [0.15, 0.2) is 30.3 Å². The summed E-state index contributed by atoms with van der Waals surface area (Å²) in [6, 6.07) is 9.05. The maximum absolute atomic E-state index is 12.8. The third-order valence-corrected chi connectivity index (χ3v) is 4.60. The molecule has 2 rings (SSSR count). The number of rotatable bonds is 7. The first-order valence-electron chi connectivity index (χ1n) is 8.80. The van der Waals surface area contributed by atoms with E-state index < -0.39 is 5.97 Å². The second kappa shape index (κ2) is 9.20. The first-order chi connectivity index (χ1) is 12.0. The molecule has 1 aromatic carbocycles. The lowest BCUT2D eigenvalue weighted by Crippen LogP contribution is -2.45. The van der Waals surface area contributed by atoms with Crippen LogP contribution in [0.4, 0.5) is 0 Å². The highest BCUT2D eigenvalue weighted by molar-refractivity contribution is 5.79. The van der Waals surface area contributed by atoms with Crippen molar-refractivity contribution >= 4 is 17.8 Å². The molecule has 1 aliphatic heterocycles. The average Bonchev–Trinajstić information content (AvgIpc) is 2.60. The Balaban J connectivity index is 2.07. The van der Waals surface area contributed by atoms with E-state index in [0.29, 0.717) is 13.0 Å². The van der Waals surface area contributed by atoms with E-state index in [4.69, 9.17) is 5.11 Å². The van der Waals surface area contributed by atoms with Gasteiger partial charge in [0.25, 0.3) is 0 Å². The molecule has 0 bridgehead atoms. The van der Waals surface area contributed by atoms with Gasteiger partial charge in [-0.3, -0.25) is 14.4 Å². The summed E-state index contributed by atoms with van der Waals surface area (Å²) in [7, 11) is 0. The maximum Gasteiger partial charge on any atom is 0.303 e. The first kappa shape index (κ1) is 19.0. The van der Waals surface area contributed by atoms with E-state index in [1.807, 2.05) is 35.2 Å². The lowest BCUT2D eigenvalue weighted by molar-refractivity contribution is -0.140. The molecule has 0 unspecified atom stereocenters. The summed E-state index contributed by atoms with van der Waals surface area (Å²) >= 11 is 0. The fourth-order valence-electron chi connectivity index (χ4n) is 3.39. The Hall–Kier alpha value is -2.37. The highest BCUT2D eigenvalue weighted by atomic mass is 16.4. The number of carboxylic acid groups (broad SMARTS) is 1. The van der Waals surface area contributed by atoms with Gasteiger partial charge in [0.15, 0.2) is 0 Å². The van der Waals surface area contributed by atoms with Crippen molar-refractivity contribution < 1.29 is 19.5 Å². The van der Waals surface area contributed by atoms with Crippen LogP contribution in [-0.4, -0.2) is 40.4 Å². The minimum atomic E-state index is -0.835. The van der Waals surface area contributed by atoms with E-state index >= 15 is 0 Å². The number of likely N-dealkylation sites (tertiary alicyclic amines) is 1. The molecule has 0 aromatic heterocycles. The van der Waals surface area contributed by atoms with Crippen LogP contribution in [0.2, 0.25) is 0 Å². The van der Waals surface area contributed by atoms with E-state index in [2.05, 4.69) is 5.32 Å². The van der Waals surface area contributed by atoms with Crippen molar-refractivity contribution in [1.82, 2.24) is 10.2 Å². The predicted octanol–water partition coefficient (Wildman–Crippen LogP) is 2.50. The highest BCUT2D eigenvalue weighted by Gasteiger charge is 2.29. The van der Waals surface area contributed by atoms with Gasteiger partial charge in [0.05, 0.1) is 12.5 Å². The zero-order valence-corrected chi connectivity index (χ0v) is 14.6. The Morgan fingerprint density at radius 3 is 2.60 bits per heavy atom. The van der Waals surface area contributed by atoms with Crippen molar-refractivity contribution in [2.45, 2.75) is 57.5 Å². The molecule has 6 nitrogen and oxygen atoms in total. The highest BCUT2D eigenvalue weighted by Crippen LogP contribution is 2.25. The molecule has 1 aliphatic rings. The lowest BCUT2D eigenvalue weighted by Gasteiger charge is -2.36. The SMILES string of the molecule is CC(=O)N[C@@H](CC(=O)N1CCCC[C@H]1CCC(=O)O)c1ccccc1. The Morgan fingerprint density at radius 1 is 1.24 bits per heavy atom. The normalized spacial score (nSPS) is 18.4. The maximum atomic E-state index is 12.8. The lowest BCUT2D eigenvalue weighted by atomic mass is 9.96. The minimum Gasteiger partial charge on any atom is -0.481 e. The number of hydrogen-bond acceptors (Lipinski definition) is 3. The molecule has 6 heteroatoms. The van der Waals surface area contributed by atoms with Crippen molar-refractivity contribution in [3.8, 4) is 0 Å². The van der Waals surface area contributed by atoms with Crippen molar-refractivity contribution in [2.24, 2.45) is 0 Å². The Morgan fingerprint density at radius 2 is 1.96 bits per heavy atom. The molecule has 1 heterocycles. The number of hydrogen-bond donors (Lipinski definition) is 2. The number of piperidine rings is 1. The van der Waals surface area contributed by atoms with Gasteiger partial charge in [0, 0.05) is 25.9 Å². The fraction of sp³-hybridized carbons (Fsp3) is 0.526. The van der Waals surface area contributed by atoms with Crippen LogP contribution in [0.5, 0.6) is 0 Å². The largest absolute Gasteiger partial charge is 0.481 e. The number of carbonyl (C=O) groups excluding carboxylic acids is 2. The van der Waals surface area contributed by atoms with Crippen LogP contribution in [0.1, 0.15) is 57.1 Å². The number of benzene rings is 1. The molecule has 0 aliphatic carbocycles. The van der Waals surface area contributed by atoms with Gasteiger partial charge in [-0.2, -0.15) is 0 Å². The molecular weight excluding hydrogens is 320 g/mol. The third kappa shape index (κ3) is 5.89. The van der Waals surface area contributed by atoms with Crippen LogP contribution >= 0.6 is 0 Å². The van der Waals surface area contributed by atoms with E-state index in [-0.39, 0.29) is 36.7 Å². The van der Waals surface area contributed by atoms with E-state index in [1.165, 1.54) is 6.92 Å². The number of amides is 2. The summed E-state index contributed by atoms with van der Waals surface area (Å²) in [6.45, 7) is 2.10. The van der Waals surface area contributed by atoms with E-state index in [1.54, 1.807) is 0 Å². The zero-order valence-electron chi connectivity index (χ0n) is 14.6. The minimum absolute atomic E-state index is 0.0221. The second-order valence-electron chi connectivity index (χ2n) is 6.54. The third-order valence-electron chi connectivity index (χ3n) is 4.60. The average molecular weight is 346 g/mol. The summed E-state index contributed by atoms with van der Waals surface area (Å²) in [5.74, 6) is -1.04. The van der Waals surface area contributed by atoms with Crippen LogP contribution < -0.4 is 5.32 Å². The standard InChI is InChI=1S/C19H26N2O4/c1-14(22)20-17(15-7-3-2-4-8-15)13-18(23)21-12-6-5-9-16(21)10-11-19(24)25/h2-4,7-8,16-17H,5-6,9-13H2,1H3,(H,20,22)(H,24,25)/t16-,17-/m0/s1. The van der Waals surface area contributed by atoms with Gasteiger partial charge in [-0.15, -0.1) is 0 Å². The molecule has 0 spiro atoms. The fourth-order valence-corrected chi connectivity index (χ4v) is 3.39. The molecule has 1 fully saturated rings. The monoisotopic (exact) mass is 346 g/mol. The van der Waals surface area contributed by atoms with Gasteiger partial charge >= 0.3 is 5.97 Å². The first-order valence-corrected chi connectivity index (χ1v) is 8.80. The molecule has 136 valence electrons. The quantitative estimate of drug-likeness (QED) is 0.794. The van der Waals surface area contributed by atoms with E-state index in [0.717, 1.165) is 24.8 Å². The number of carboxylic acids is 1. The van der Waals surface area contributed by atoms with Crippen LogP contribution in [0, 0.1) is 0 Å². The predicted molar refractivity (Wildman–Crippen MR) is 93.8 cm³/mol. The Labute approximate surface area is 148 Å².